The van der Waals surface area contributed by atoms with Crippen LogP contribution in [0.2, 0.25) is 5.02 Å². The van der Waals surface area contributed by atoms with Gasteiger partial charge in [-0.25, -0.2) is 0 Å². The number of aliphatic hydroxyl groups is 2. The Morgan fingerprint density at radius 2 is 2.06 bits per heavy atom. The fourth-order valence-electron chi connectivity index (χ4n) is 2.50. The SMILES string of the molecule is CC(O)C1CCN(c2ccc(CO)c(Cl)c2)CC1. The van der Waals surface area contributed by atoms with E-state index in [9.17, 15) is 5.11 Å². The van der Waals surface area contributed by atoms with Gasteiger partial charge >= 0.3 is 0 Å². The normalized spacial score (nSPS) is 19.0. The van der Waals surface area contributed by atoms with Crippen molar-refractivity contribution >= 4 is 17.3 Å². The molecule has 2 rings (SSSR count). The van der Waals surface area contributed by atoms with Crippen molar-refractivity contribution in [1.29, 1.82) is 0 Å². The Bertz CT molecular complexity index is 401. The zero-order valence-corrected chi connectivity index (χ0v) is 11.4. The molecule has 1 fully saturated rings. The molecule has 4 heteroatoms. The highest BCUT2D eigenvalue weighted by Crippen LogP contribution is 2.28. The summed E-state index contributed by atoms with van der Waals surface area (Å²) in [7, 11) is 0. The molecule has 0 spiro atoms. The molecule has 0 aliphatic carbocycles. The highest BCUT2D eigenvalue weighted by Gasteiger charge is 2.22. The molecule has 18 heavy (non-hydrogen) atoms. The zero-order chi connectivity index (χ0) is 13.1. The van der Waals surface area contributed by atoms with Crippen LogP contribution in [0.4, 0.5) is 5.69 Å². The smallest absolute Gasteiger partial charge is 0.0696 e. The predicted molar refractivity (Wildman–Crippen MR) is 74.0 cm³/mol. The van der Waals surface area contributed by atoms with Gasteiger partial charge in [-0.15, -0.1) is 0 Å². The average Bonchev–Trinajstić information content (AvgIpc) is 2.38. The van der Waals surface area contributed by atoms with E-state index in [4.69, 9.17) is 16.7 Å². The van der Waals surface area contributed by atoms with Gasteiger partial charge in [0.05, 0.1) is 12.7 Å². The van der Waals surface area contributed by atoms with Crippen molar-refractivity contribution in [1.82, 2.24) is 0 Å². The van der Waals surface area contributed by atoms with E-state index in [0.717, 1.165) is 37.2 Å². The molecule has 1 aromatic rings. The monoisotopic (exact) mass is 269 g/mol. The van der Waals surface area contributed by atoms with Gasteiger partial charge in [0.1, 0.15) is 0 Å². The Labute approximate surface area is 113 Å². The second-order valence-corrected chi connectivity index (χ2v) is 5.41. The first-order chi connectivity index (χ1) is 8.61. The second-order valence-electron chi connectivity index (χ2n) is 5.00. The first-order valence-corrected chi connectivity index (χ1v) is 6.82. The summed E-state index contributed by atoms with van der Waals surface area (Å²) in [4.78, 5) is 2.28. The van der Waals surface area contributed by atoms with Crippen LogP contribution in [0.5, 0.6) is 0 Å². The number of hydrogen-bond acceptors (Lipinski definition) is 3. The van der Waals surface area contributed by atoms with Gasteiger partial charge in [-0.05, 0) is 43.4 Å². The van der Waals surface area contributed by atoms with Crippen LogP contribution in [0.3, 0.4) is 0 Å². The Hall–Kier alpha value is -0.770. The Morgan fingerprint density at radius 1 is 1.39 bits per heavy atom. The third-order valence-electron chi connectivity index (χ3n) is 3.79. The van der Waals surface area contributed by atoms with Crippen LogP contribution in [0, 0.1) is 5.92 Å². The molecule has 0 saturated carbocycles. The molecule has 1 aliphatic heterocycles. The van der Waals surface area contributed by atoms with Crippen molar-refractivity contribution in [3.63, 3.8) is 0 Å². The minimum absolute atomic E-state index is 0.0246. The number of piperidine rings is 1. The van der Waals surface area contributed by atoms with Crippen molar-refractivity contribution in [2.45, 2.75) is 32.5 Å². The summed E-state index contributed by atoms with van der Waals surface area (Å²) < 4.78 is 0. The molecule has 1 saturated heterocycles. The highest BCUT2D eigenvalue weighted by atomic mass is 35.5. The highest BCUT2D eigenvalue weighted by molar-refractivity contribution is 6.31. The average molecular weight is 270 g/mol. The fourth-order valence-corrected chi connectivity index (χ4v) is 2.74. The third kappa shape index (κ3) is 2.97. The molecule has 1 atom stereocenters. The summed E-state index contributed by atoms with van der Waals surface area (Å²) in [5.74, 6) is 0.411. The van der Waals surface area contributed by atoms with Gasteiger partial charge in [-0.2, -0.15) is 0 Å². The molecule has 2 N–H and O–H groups in total. The fraction of sp³-hybridized carbons (Fsp3) is 0.571. The van der Waals surface area contributed by atoms with Crippen LogP contribution in [0.25, 0.3) is 0 Å². The van der Waals surface area contributed by atoms with Gasteiger partial charge in [0.25, 0.3) is 0 Å². The van der Waals surface area contributed by atoms with Crippen molar-refractivity contribution in [3.8, 4) is 0 Å². The maximum Gasteiger partial charge on any atom is 0.0696 e. The predicted octanol–water partition coefficient (Wildman–Crippen LogP) is 2.43. The van der Waals surface area contributed by atoms with Gasteiger partial charge in [-0.3, -0.25) is 0 Å². The molecule has 0 aromatic heterocycles. The Morgan fingerprint density at radius 3 is 2.56 bits per heavy atom. The molecule has 3 nitrogen and oxygen atoms in total. The lowest BCUT2D eigenvalue weighted by molar-refractivity contribution is 0.110. The van der Waals surface area contributed by atoms with Crippen LogP contribution in [0.15, 0.2) is 18.2 Å². The van der Waals surface area contributed by atoms with Crippen molar-refractivity contribution < 1.29 is 10.2 Å². The zero-order valence-electron chi connectivity index (χ0n) is 10.6. The standard InChI is InChI=1S/C14H20ClNO2/c1-10(18)11-4-6-16(7-5-11)13-3-2-12(9-17)14(15)8-13/h2-3,8,10-11,17-18H,4-7,9H2,1H3. The van der Waals surface area contributed by atoms with E-state index < -0.39 is 0 Å². The molecule has 1 aromatic carbocycles. The van der Waals surface area contributed by atoms with Gasteiger partial charge < -0.3 is 15.1 Å². The largest absolute Gasteiger partial charge is 0.393 e. The van der Waals surface area contributed by atoms with E-state index in [0.29, 0.717) is 10.9 Å². The van der Waals surface area contributed by atoms with Crippen LogP contribution >= 0.6 is 11.6 Å². The quantitative estimate of drug-likeness (QED) is 0.886. The Kier molecular flexibility index (Phi) is 4.49. The maximum absolute atomic E-state index is 9.58. The molecule has 1 heterocycles. The minimum atomic E-state index is -0.215. The topological polar surface area (TPSA) is 43.7 Å². The minimum Gasteiger partial charge on any atom is -0.393 e. The number of halogens is 1. The lowest BCUT2D eigenvalue weighted by atomic mass is 9.92. The number of hydrogen-bond donors (Lipinski definition) is 2. The van der Waals surface area contributed by atoms with Gasteiger partial charge in [0, 0.05) is 23.8 Å². The summed E-state index contributed by atoms with van der Waals surface area (Å²) in [5.41, 5.74) is 1.86. The van der Waals surface area contributed by atoms with E-state index in [-0.39, 0.29) is 12.7 Å². The molecule has 1 aliphatic rings. The number of rotatable bonds is 3. The summed E-state index contributed by atoms with van der Waals surface area (Å²) in [6, 6.07) is 5.79. The summed E-state index contributed by atoms with van der Waals surface area (Å²) >= 11 is 6.10. The molecular formula is C14H20ClNO2. The summed E-state index contributed by atoms with van der Waals surface area (Å²) in [6.45, 7) is 3.74. The summed E-state index contributed by atoms with van der Waals surface area (Å²) in [5, 5.41) is 19.3. The third-order valence-corrected chi connectivity index (χ3v) is 4.15. The number of anilines is 1. The number of aliphatic hydroxyl groups excluding tert-OH is 2. The lowest BCUT2D eigenvalue weighted by Crippen LogP contribution is -2.37. The molecule has 0 radical (unpaired) electrons. The van der Waals surface area contributed by atoms with Crippen LogP contribution in [0.1, 0.15) is 25.3 Å². The van der Waals surface area contributed by atoms with Crippen molar-refractivity contribution in [2.75, 3.05) is 18.0 Å². The second kappa shape index (κ2) is 5.91. The number of benzene rings is 1. The lowest BCUT2D eigenvalue weighted by Gasteiger charge is -2.35. The summed E-state index contributed by atoms with van der Waals surface area (Å²) in [6.07, 6.45) is 1.81. The van der Waals surface area contributed by atoms with Crippen molar-refractivity contribution in [3.05, 3.63) is 28.8 Å². The molecule has 0 bridgehead atoms. The van der Waals surface area contributed by atoms with Crippen LogP contribution in [-0.4, -0.2) is 29.4 Å². The van der Waals surface area contributed by atoms with Gasteiger partial charge in [0.2, 0.25) is 0 Å². The Balaban J connectivity index is 2.03. The number of nitrogens with zero attached hydrogens (tertiary/aromatic N) is 1. The first-order valence-electron chi connectivity index (χ1n) is 6.44. The van der Waals surface area contributed by atoms with E-state index in [1.165, 1.54) is 0 Å². The first kappa shape index (κ1) is 13.7. The van der Waals surface area contributed by atoms with E-state index in [1.807, 2.05) is 25.1 Å². The van der Waals surface area contributed by atoms with Crippen LogP contribution < -0.4 is 4.90 Å². The molecular weight excluding hydrogens is 250 g/mol. The molecule has 0 amide bonds. The van der Waals surface area contributed by atoms with Crippen molar-refractivity contribution in [2.24, 2.45) is 5.92 Å². The maximum atomic E-state index is 9.58. The van der Waals surface area contributed by atoms with Crippen LogP contribution in [-0.2, 0) is 6.61 Å². The van der Waals surface area contributed by atoms with E-state index in [1.54, 1.807) is 0 Å². The van der Waals surface area contributed by atoms with Gasteiger partial charge in [-0.1, -0.05) is 17.7 Å². The van der Waals surface area contributed by atoms with E-state index >= 15 is 0 Å². The van der Waals surface area contributed by atoms with Gasteiger partial charge in [0.15, 0.2) is 0 Å². The molecule has 1 unspecified atom stereocenters. The van der Waals surface area contributed by atoms with E-state index in [2.05, 4.69) is 4.90 Å². The molecule has 100 valence electrons.